The zero-order valence-corrected chi connectivity index (χ0v) is 65.4. The summed E-state index contributed by atoms with van der Waals surface area (Å²) in [5.41, 5.74) is 8.15. The molecule has 9 atom stereocenters. The minimum absolute atomic E-state index is 0.00365. The van der Waals surface area contributed by atoms with Crippen LogP contribution < -0.4 is 53.6 Å². The van der Waals surface area contributed by atoms with Gasteiger partial charge in [-0.2, -0.15) is 11.8 Å². The number of imidazole rings is 1. The minimum atomic E-state index is -1.64. The summed E-state index contributed by atoms with van der Waals surface area (Å²) in [5.74, 6) is -10.8. The van der Waals surface area contributed by atoms with E-state index in [2.05, 4.69) is 67.8 Å². The molecule has 2 aliphatic heterocycles. The zero-order valence-electron chi connectivity index (χ0n) is 64.6. The van der Waals surface area contributed by atoms with E-state index in [0.29, 0.717) is 73.1 Å². The molecule has 2 saturated heterocycles. The highest BCUT2D eigenvalue weighted by Gasteiger charge is 2.52. The van der Waals surface area contributed by atoms with Gasteiger partial charge in [0.15, 0.2) is 5.78 Å². The summed E-state index contributed by atoms with van der Waals surface area (Å²) in [5, 5.41) is 25.5. The number of rotatable bonds is 16. The van der Waals surface area contributed by atoms with Crippen LogP contribution in [0.4, 0.5) is 0 Å². The normalized spacial score (nSPS) is 23.8. The van der Waals surface area contributed by atoms with Gasteiger partial charge in [-0.05, 0) is 86.4 Å². The van der Waals surface area contributed by atoms with Crippen LogP contribution in [0.3, 0.4) is 0 Å². The van der Waals surface area contributed by atoms with Gasteiger partial charge in [-0.25, -0.2) is 4.98 Å². The second-order valence-electron chi connectivity index (χ2n) is 29.1. The van der Waals surface area contributed by atoms with Crippen LogP contribution in [-0.2, 0) is 97.6 Å². The van der Waals surface area contributed by atoms with Gasteiger partial charge in [0.05, 0.1) is 49.4 Å². The molecular weight excluding hydrogens is 1470 g/mol. The average molecular weight is 1580 g/mol. The van der Waals surface area contributed by atoms with E-state index in [9.17, 15) is 62.3 Å². The Morgan fingerprint density at radius 1 is 0.540 bits per heavy atom. The maximum absolute atomic E-state index is 15.3. The molecule has 0 unspecified atom stereocenters. The third-order valence-electron chi connectivity index (χ3n) is 20.9. The molecular formula is C79H104N18O15S. The maximum Gasteiger partial charge on any atom is 0.246 e. The van der Waals surface area contributed by atoms with Gasteiger partial charge in [0.25, 0.3) is 0 Å². The third-order valence-corrected chi connectivity index (χ3v) is 22.0. The molecule has 1 spiro atoms. The van der Waals surface area contributed by atoms with E-state index in [0.717, 1.165) is 31.6 Å². The maximum atomic E-state index is 15.3. The van der Waals surface area contributed by atoms with Crippen molar-refractivity contribution in [2.45, 2.75) is 190 Å². The number of para-hydroxylation sites is 2. The largest absolute Gasteiger partial charge is 0.370 e. The van der Waals surface area contributed by atoms with Crippen molar-refractivity contribution in [3.05, 3.63) is 126 Å². The van der Waals surface area contributed by atoms with Gasteiger partial charge in [0, 0.05) is 100 Å². The first kappa shape index (κ1) is 85.5. The van der Waals surface area contributed by atoms with Crippen molar-refractivity contribution in [1.82, 2.24) is 87.4 Å². The van der Waals surface area contributed by atoms with Crippen molar-refractivity contribution in [3.8, 4) is 0 Å². The third kappa shape index (κ3) is 23.3. The number of likely N-dealkylation sites (N-methyl/N-ethyl adjacent to an activating group) is 3. The molecule has 3 aromatic heterocycles. The Hall–Kier alpha value is -11.5. The molecule has 3 fully saturated rings. The molecule has 0 bridgehead atoms. The van der Waals surface area contributed by atoms with E-state index < -0.39 is 169 Å². The van der Waals surface area contributed by atoms with Crippen LogP contribution in [0.1, 0.15) is 127 Å². The lowest BCUT2D eigenvalue weighted by Crippen LogP contribution is -2.59. The number of aromatic amines is 3. The van der Waals surface area contributed by atoms with Crippen LogP contribution in [0.5, 0.6) is 0 Å². The molecule has 606 valence electrons. The Labute approximate surface area is 658 Å². The van der Waals surface area contributed by atoms with Crippen LogP contribution in [0.15, 0.2) is 104 Å². The fraction of sp³-hybridized carbons (Fsp3) is 0.494. The van der Waals surface area contributed by atoms with Gasteiger partial charge in [0.2, 0.25) is 82.7 Å². The first-order valence-corrected chi connectivity index (χ1v) is 39.6. The topological polar surface area (TPSA) is 464 Å². The molecule has 3 aromatic carbocycles. The van der Waals surface area contributed by atoms with Crippen LogP contribution in [0, 0.1) is 0 Å². The van der Waals surface area contributed by atoms with Crippen LogP contribution in [0.2, 0.25) is 0 Å². The Morgan fingerprint density at radius 3 is 1.69 bits per heavy atom. The molecule has 9 rings (SSSR count). The standard InChI is InChI=1S/C79H104N18O15S/c1-7-9-26-61-74(108)93-79(30-31-79)64(98)29-19-33-113-45-69(103)90-58(34-48-20-12-11-13-21-48)75(109)94(4)47(3)70(104)92-60(38-65(80)99)77(111)97-32-18-28-62(97)73(107)91-57(37-51-41-81-46-87-51)72(106)85-42-66(100)84-43-67(101)88-56(35-49-39-82-54-24-16-14-22-52(49)54)71(105)86-44-68(102)89-59(36-50-40-83-55-25-17-15-23-53(50)55)76(110)96(6)63(27-10-8-2)78(112)95(61)5/h11-17,20-25,39-41,46-47,56-63,82-83H,7-10,18-19,26-38,42-45H2,1-6H3,(H2,80,99)(H,81,87)(H,84,100)(H,85,106)(H,86,105)(H,88,101)(H,89,102)(H,90,103)(H,91,107)(H,92,104)(H,93,108)/t47-,56-,57-,58-,59-,60-,61-,62-,63-/m0/s1. The summed E-state index contributed by atoms with van der Waals surface area (Å²) in [4.78, 5) is 232. The lowest BCUT2D eigenvalue weighted by molar-refractivity contribution is -0.149. The van der Waals surface area contributed by atoms with Gasteiger partial charge in [-0.1, -0.05) is 106 Å². The van der Waals surface area contributed by atoms with Crippen LogP contribution in [0.25, 0.3) is 21.8 Å². The number of fused-ring (bicyclic) bond motifs is 3. The van der Waals surface area contributed by atoms with Gasteiger partial charge >= 0.3 is 0 Å². The van der Waals surface area contributed by atoms with Gasteiger partial charge < -0.3 is 88.1 Å². The minimum Gasteiger partial charge on any atom is -0.370 e. The van der Waals surface area contributed by atoms with Crippen molar-refractivity contribution >= 4 is 122 Å². The quantitative estimate of drug-likeness (QED) is 0.0640. The van der Waals surface area contributed by atoms with Crippen molar-refractivity contribution in [1.29, 1.82) is 0 Å². The first-order valence-electron chi connectivity index (χ1n) is 38.4. The number of hydrogen-bond donors (Lipinski definition) is 13. The molecule has 33 nitrogen and oxygen atoms in total. The fourth-order valence-corrected chi connectivity index (χ4v) is 14.9. The molecule has 6 aromatic rings. The highest BCUT2D eigenvalue weighted by molar-refractivity contribution is 7.99. The molecule has 113 heavy (non-hydrogen) atoms. The van der Waals surface area contributed by atoms with E-state index in [1.807, 2.05) is 56.3 Å². The number of amides is 14. The molecule has 3 aliphatic rings. The summed E-state index contributed by atoms with van der Waals surface area (Å²) >= 11 is 1.21. The van der Waals surface area contributed by atoms with Crippen molar-refractivity contribution in [3.63, 3.8) is 0 Å². The molecule has 14 amide bonds. The predicted molar refractivity (Wildman–Crippen MR) is 420 cm³/mol. The summed E-state index contributed by atoms with van der Waals surface area (Å²) in [6, 6.07) is 11.6. The number of aromatic nitrogens is 4. The Bertz CT molecular complexity index is 4410. The fourth-order valence-electron chi connectivity index (χ4n) is 14.2. The number of nitrogens with two attached hydrogens (primary N) is 1. The van der Waals surface area contributed by atoms with Crippen molar-refractivity contribution < 1.29 is 71.9 Å². The van der Waals surface area contributed by atoms with Crippen molar-refractivity contribution in [2.75, 3.05) is 58.8 Å². The highest BCUT2D eigenvalue weighted by Crippen LogP contribution is 2.38. The lowest BCUT2D eigenvalue weighted by atomic mass is 10.00. The van der Waals surface area contributed by atoms with Crippen LogP contribution >= 0.6 is 11.8 Å². The number of unbranched alkanes of at least 4 members (excludes halogenated alkanes) is 2. The Morgan fingerprint density at radius 2 is 1.08 bits per heavy atom. The molecule has 1 aliphatic carbocycles. The summed E-state index contributed by atoms with van der Waals surface area (Å²) < 4.78 is 0. The van der Waals surface area contributed by atoms with Gasteiger partial charge in [-0.3, -0.25) is 71.9 Å². The molecule has 34 heteroatoms. The predicted octanol–water partition coefficient (Wildman–Crippen LogP) is 0.908. The van der Waals surface area contributed by atoms with E-state index >= 15 is 9.59 Å². The number of nitrogens with one attached hydrogen (secondary N) is 12. The van der Waals surface area contributed by atoms with E-state index in [1.165, 1.54) is 62.2 Å². The second-order valence-corrected chi connectivity index (χ2v) is 30.2. The lowest BCUT2D eigenvalue weighted by Gasteiger charge is -2.36. The number of Topliss-reactive ketones (excluding diaryl/α,β-unsaturated/α-hetero) is 1. The summed E-state index contributed by atoms with van der Waals surface area (Å²) in [6.07, 6.45) is 9.14. The first-order chi connectivity index (χ1) is 54.2. The Kier molecular flexibility index (Phi) is 30.8. The zero-order chi connectivity index (χ0) is 81.5. The summed E-state index contributed by atoms with van der Waals surface area (Å²) in [7, 11) is 4.29. The average Bonchev–Trinajstić information content (AvgIpc) is 1.63. The molecule has 1 saturated carbocycles. The highest BCUT2D eigenvalue weighted by atomic mass is 32.2. The molecule has 0 radical (unpaired) electrons. The Balaban J connectivity index is 0.973. The van der Waals surface area contributed by atoms with E-state index in [4.69, 9.17) is 5.73 Å². The number of benzene rings is 3. The van der Waals surface area contributed by atoms with Gasteiger partial charge in [-0.15, -0.1) is 0 Å². The van der Waals surface area contributed by atoms with E-state index in [1.54, 1.807) is 48.8 Å². The van der Waals surface area contributed by atoms with Crippen LogP contribution in [-0.4, -0.2) is 247 Å². The van der Waals surface area contributed by atoms with Crippen molar-refractivity contribution in [2.24, 2.45) is 5.73 Å². The summed E-state index contributed by atoms with van der Waals surface area (Å²) in [6.45, 7) is 3.06. The molecule has 5 heterocycles. The number of primary amides is 1. The smallest absolute Gasteiger partial charge is 0.246 e. The monoisotopic (exact) mass is 1580 g/mol. The van der Waals surface area contributed by atoms with Gasteiger partial charge in [0.1, 0.15) is 54.4 Å². The second kappa shape index (κ2) is 40.7. The SMILES string of the molecule is CCCC[C@H]1C(=O)N(C)[C@@H](CCCC)C(=O)NC2(CC2)C(=O)CCCSCC(=O)N[C@@H](Cc2ccccc2)C(=O)N(C)[C@@H](C)C(=O)N[C@@H](CC(N)=O)C(=O)N2CCC[C@H]2C(=O)N[C@@H](Cc2c[nH]cn2)C(=O)NCC(=O)NCC(=O)N[C@@H](Cc2c[nH]c3ccccc23)C(=O)NCC(=O)N[C@@H](Cc2c[nH]c3ccccc23)C(=O)N1C. The number of nitrogens with zero attached hydrogens (tertiary/aromatic N) is 5. The number of hydrogen-bond acceptors (Lipinski definition) is 17. The number of carbonyl (C=O) groups excluding carboxylic acids is 15. The molecule has 14 N–H and O–H groups in total. The number of ketones is 1. The number of thioether (sulfide) groups is 1. The number of carbonyl (C=O) groups is 15. The van der Waals surface area contributed by atoms with E-state index in [-0.39, 0.29) is 75.9 Å². The number of H-pyrrole nitrogens is 3.